The van der Waals surface area contributed by atoms with Crippen LogP contribution in [0.25, 0.3) is 0 Å². The molecule has 1 amide bonds. The Morgan fingerprint density at radius 3 is 2.68 bits per heavy atom. The minimum Gasteiger partial charge on any atom is -0.357 e. The molecule has 0 unspecified atom stereocenters. The number of nitrogens with one attached hydrogen (secondary N) is 1. The number of rotatable bonds is 2. The highest BCUT2D eigenvalue weighted by molar-refractivity contribution is 7.15. The van der Waals surface area contributed by atoms with Gasteiger partial charge in [-0.15, -0.1) is 10.2 Å². The molecular weight excluding hydrogens is 262 g/mol. The fraction of sp³-hybridized carbons (Fsp3) is 0.417. The van der Waals surface area contributed by atoms with Crippen LogP contribution in [0.1, 0.15) is 15.5 Å². The molecular formula is C12H15N5OS. The van der Waals surface area contributed by atoms with E-state index < -0.39 is 0 Å². The molecule has 0 saturated carbocycles. The standard InChI is InChI=1S/C12H15N5OS/c1-9-14-15-12(19-9)17-7-5-16(6-8-17)11(18)10-3-2-4-13-10/h2-4,13H,5-8H2,1H3. The third kappa shape index (κ3) is 2.46. The monoisotopic (exact) mass is 277 g/mol. The quantitative estimate of drug-likeness (QED) is 0.894. The van der Waals surface area contributed by atoms with Gasteiger partial charge in [0.05, 0.1) is 0 Å². The number of amides is 1. The van der Waals surface area contributed by atoms with Gasteiger partial charge in [-0.25, -0.2) is 0 Å². The van der Waals surface area contributed by atoms with Gasteiger partial charge in [0.15, 0.2) is 0 Å². The lowest BCUT2D eigenvalue weighted by Crippen LogP contribution is -2.48. The second-order valence-electron chi connectivity index (χ2n) is 4.47. The molecule has 1 saturated heterocycles. The molecule has 0 bridgehead atoms. The van der Waals surface area contributed by atoms with E-state index in [4.69, 9.17) is 0 Å². The average Bonchev–Trinajstić information content (AvgIpc) is 3.09. The molecule has 1 aliphatic heterocycles. The summed E-state index contributed by atoms with van der Waals surface area (Å²) in [7, 11) is 0. The molecule has 3 rings (SSSR count). The Morgan fingerprint density at radius 2 is 2.11 bits per heavy atom. The predicted molar refractivity (Wildman–Crippen MR) is 73.6 cm³/mol. The second-order valence-corrected chi connectivity index (χ2v) is 5.63. The maximum absolute atomic E-state index is 12.2. The van der Waals surface area contributed by atoms with E-state index in [0.29, 0.717) is 5.69 Å². The summed E-state index contributed by atoms with van der Waals surface area (Å²) in [5.41, 5.74) is 0.653. The first-order chi connectivity index (χ1) is 9.24. The topological polar surface area (TPSA) is 65.1 Å². The maximum atomic E-state index is 12.2. The number of carbonyl (C=O) groups excluding carboxylic acids is 1. The van der Waals surface area contributed by atoms with Crippen LogP contribution in [0.5, 0.6) is 0 Å². The molecule has 3 heterocycles. The van der Waals surface area contributed by atoms with Crippen LogP contribution < -0.4 is 4.90 Å². The average molecular weight is 277 g/mol. The molecule has 0 aromatic carbocycles. The largest absolute Gasteiger partial charge is 0.357 e. The van der Waals surface area contributed by atoms with Crippen molar-refractivity contribution in [2.24, 2.45) is 0 Å². The third-order valence-corrected chi connectivity index (χ3v) is 4.08. The summed E-state index contributed by atoms with van der Waals surface area (Å²) in [6.45, 7) is 5.00. The second kappa shape index (κ2) is 5.00. The number of aryl methyl sites for hydroxylation is 1. The fourth-order valence-corrected chi connectivity index (χ4v) is 2.89. The zero-order valence-corrected chi connectivity index (χ0v) is 11.5. The summed E-state index contributed by atoms with van der Waals surface area (Å²) >= 11 is 1.60. The first kappa shape index (κ1) is 12.2. The molecule has 1 aliphatic rings. The molecule has 6 nitrogen and oxygen atoms in total. The summed E-state index contributed by atoms with van der Waals surface area (Å²) < 4.78 is 0. The van der Waals surface area contributed by atoms with Gasteiger partial charge < -0.3 is 14.8 Å². The van der Waals surface area contributed by atoms with E-state index in [0.717, 1.165) is 36.3 Å². The van der Waals surface area contributed by atoms with E-state index >= 15 is 0 Å². The molecule has 0 spiro atoms. The van der Waals surface area contributed by atoms with Gasteiger partial charge in [0.2, 0.25) is 5.13 Å². The molecule has 0 radical (unpaired) electrons. The molecule has 1 N–H and O–H groups in total. The van der Waals surface area contributed by atoms with Crippen LogP contribution in [0, 0.1) is 6.92 Å². The van der Waals surface area contributed by atoms with Gasteiger partial charge in [-0.3, -0.25) is 4.79 Å². The van der Waals surface area contributed by atoms with Crippen LogP contribution in [0.3, 0.4) is 0 Å². The van der Waals surface area contributed by atoms with E-state index in [1.165, 1.54) is 0 Å². The highest BCUT2D eigenvalue weighted by Gasteiger charge is 2.24. The van der Waals surface area contributed by atoms with Crippen LogP contribution in [-0.2, 0) is 0 Å². The summed E-state index contributed by atoms with van der Waals surface area (Å²) in [5, 5.41) is 10.1. The van der Waals surface area contributed by atoms with Crippen molar-refractivity contribution in [1.29, 1.82) is 0 Å². The van der Waals surface area contributed by atoms with Crippen molar-refractivity contribution < 1.29 is 4.79 Å². The minimum absolute atomic E-state index is 0.0677. The van der Waals surface area contributed by atoms with Crippen LogP contribution >= 0.6 is 11.3 Å². The van der Waals surface area contributed by atoms with Gasteiger partial charge in [0, 0.05) is 32.4 Å². The smallest absolute Gasteiger partial charge is 0.270 e. The Hall–Kier alpha value is -1.89. The van der Waals surface area contributed by atoms with Crippen molar-refractivity contribution in [3.63, 3.8) is 0 Å². The zero-order chi connectivity index (χ0) is 13.2. The van der Waals surface area contributed by atoms with Crippen LogP contribution in [0.4, 0.5) is 5.13 Å². The Bertz CT molecular complexity index is 556. The zero-order valence-electron chi connectivity index (χ0n) is 10.7. The molecule has 0 aliphatic carbocycles. The Balaban J connectivity index is 1.62. The highest BCUT2D eigenvalue weighted by Crippen LogP contribution is 2.21. The number of aromatic nitrogens is 3. The van der Waals surface area contributed by atoms with Gasteiger partial charge in [0.1, 0.15) is 10.7 Å². The first-order valence-corrected chi connectivity index (χ1v) is 7.03. The molecule has 2 aromatic rings. The van der Waals surface area contributed by atoms with Gasteiger partial charge >= 0.3 is 0 Å². The number of piperazine rings is 1. The van der Waals surface area contributed by atoms with Crippen molar-refractivity contribution in [3.05, 3.63) is 29.0 Å². The Labute approximate surface area is 115 Å². The summed E-state index contributed by atoms with van der Waals surface area (Å²) in [5.74, 6) is 0.0677. The van der Waals surface area contributed by atoms with Crippen LogP contribution in [0.2, 0.25) is 0 Å². The number of anilines is 1. The van der Waals surface area contributed by atoms with Gasteiger partial charge in [-0.2, -0.15) is 0 Å². The maximum Gasteiger partial charge on any atom is 0.270 e. The van der Waals surface area contributed by atoms with Crippen molar-refractivity contribution in [1.82, 2.24) is 20.1 Å². The lowest BCUT2D eigenvalue weighted by atomic mass is 10.3. The molecule has 19 heavy (non-hydrogen) atoms. The Morgan fingerprint density at radius 1 is 1.32 bits per heavy atom. The number of carbonyl (C=O) groups is 1. The lowest BCUT2D eigenvalue weighted by molar-refractivity contribution is 0.0741. The normalized spacial score (nSPS) is 15.8. The summed E-state index contributed by atoms with van der Waals surface area (Å²) in [6, 6.07) is 3.65. The Kier molecular flexibility index (Phi) is 3.20. The van der Waals surface area contributed by atoms with Crippen molar-refractivity contribution in [2.75, 3.05) is 31.1 Å². The minimum atomic E-state index is 0.0677. The highest BCUT2D eigenvalue weighted by atomic mass is 32.1. The van der Waals surface area contributed by atoms with Crippen LogP contribution in [0.15, 0.2) is 18.3 Å². The number of H-pyrrole nitrogens is 1. The van der Waals surface area contributed by atoms with E-state index in [1.54, 1.807) is 17.5 Å². The van der Waals surface area contributed by atoms with Crippen molar-refractivity contribution >= 4 is 22.4 Å². The molecule has 0 atom stereocenters. The summed E-state index contributed by atoms with van der Waals surface area (Å²) in [6.07, 6.45) is 1.77. The molecule has 2 aromatic heterocycles. The molecule has 100 valence electrons. The number of hydrogen-bond donors (Lipinski definition) is 1. The number of hydrogen-bond acceptors (Lipinski definition) is 5. The van der Waals surface area contributed by atoms with Gasteiger partial charge in [-0.1, -0.05) is 11.3 Å². The number of nitrogens with zero attached hydrogens (tertiary/aromatic N) is 4. The molecule has 1 fully saturated rings. The fourth-order valence-electron chi connectivity index (χ4n) is 2.15. The van der Waals surface area contributed by atoms with E-state index in [2.05, 4.69) is 20.1 Å². The van der Waals surface area contributed by atoms with E-state index in [-0.39, 0.29) is 5.91 Å². The SMILES string of the molecule is Cc1nnc(N2CCN(C(=O)c3ccc[nH]3)CC2)s1. The van der Waals surface area contributed by atoms with Crippen molar-refractivity contribution in [3.8, 4) is 0 Å². The van der Waals surface area contributed by atoms with Crippen LogP contribution in [-0.4, -0.2) is 52.2 Å². The summed E-state index contributed by atoms with van der Waals surface area (Å²) in [4.78, 5) is 19.2. The third-order valence-electron chi connectivity index (χ3n) is 3.18. The van der Waals surface area contributed by atoms with E-state index in [1.807, 2.05) is 24.0 Å². The lowest BCUT2D eigenvalue weighted by Gasteiger charge is -2.34. The van der Waals surface area contributed by atoms with Crippen molar-refractivity contribution in [2.45, 2.75) is 6.92 Å². The first-order valence-electron chi connectivity index (χ1n) is 6.22. The number of aromatic amines is 1. The van der Waals surface area contributed by atoms with Gasteiger partial charge in [-0.05, 0) is 19.1 Å². The predicted octanol–water partition coefficient (Wildman–Crippen LogP) is 1.14. The molecule has 7 heteroatoms. The van der Waals surface area contributed by atoms with E-state index in [9.17, 15) is 4.79 Å². The van der Waals surface area contributed by atoms with Gasteiger partial charge in [0.25, 0.3) is 5.91 Å².